The maximum absolute atomic E-state index is 12.7. The highest BCUT2D eigenvalue weighted by Gasteiger charge is 2.52. The second kappa shape index (κ2) is 7.77. The fourth-order valence-corrected chi connectivity index (χ4v) is 4.60. The summed E-state index contributed by atoms with van der Waals surface area (Å²) in [5.74, 6) is 0.156. The molecule has 0 aromatic heterocycles. The van der Waals surface area contributed by atoms with Gasteiger partial charge in [-0.2, -0.15) is 0 Å². The molecule has 1 amide bonds. The first kappa shape index (κ1) is 23.5. The molecule has 2 aliphatic rings. The molecule has 1 saturated heterocycles. The number of anilines is 1. The summed E-state index contributed by atoms with van der Waals surface area (Å²) in [7, 11) is -2.18. The smallest absolute Gasteiger partial charge is 0.417 e. The van der Waals surface area contributed by atoms with Crippen LogP contribution in [-0.4, -0.2) is 45.7 Å². The average Bonchev–Trinajstić information content (AvgIpc) is 3.02. The molecule has 7 heteroatoms. The van der Waals surface area contributed by atoms with Gasteiger partial charge in [-0.1, -0.05) is 32.9 Å². The fourth-order valence-electron chi connectivity index (χ4n) is 3.51. The van der Waals surface area contributed by atoms with Crippen LogP contribution in [0.3, 0.4) is 0 Å². The molecule has 1 aromatic rings. The number of carbonyl (C=O) groups excluding carboxylic acids is 1. The third kappa shape index (κ3) is 4.40. The molecule has 0 radical (unpaired) electrons. The topological polar surface area (TPSA) is 48.0 Å². The van der Waals surface area contributed by atoms with Crippen LogP contribution in [0.25, 0.3) is 0 Å². The van der Waals surface area contributed by atoms with Crippen molar-refractivity contribution in [2.75, 3.05) is 18.1 Å². The number of benzene rings is 1. The van der Waals surface area contributed by atoms with Crippen molar-refractivity contribution in [3.8, 4) is 0 Å². The molecule has 1 fully saturated rings. The van der Waals surface area contributed by atoms with Gasteiger partial charge in [-0.3, -0.25) is 4.79 Å². The van der Waals surface area contributed by atoms with Gasteiger partial charge in [0, 0.05) is 18.8 Å². The van der Waals surface area contributed by atoms with E-state index >= 15 is 0 Å². The summed E-state index contributed by atoms with van der Waals surface area (Å²) in [4.78, 5) is 14.6. The molecule has 30 heavy (non-hydrogen) atoms. The molecule has 2 heterocycles. The number of fused-ring (bicyclic) bond motifs is 1. The van der Waals surface area contributed by atoms with Crippen molar-refractivity contribution in [1.29, 1.82) is 0 Å². The zero-order valence-electron chi connectivity index (χ0n) is 20.2. The van der Waals surface area contributed by atoms with E-state index in [1.54, 1.807) is 0 Å². The molecule has 5 nitrogen and oxygen atoms in total. The summed E-state index contributed by atoms with van der Waals surface area (Å²) in [6.45, 7) is 20.8. The van der Waals surface area contributed by atoms with Crippen LogP contribution in [0, 0.1) is 0 Å². The van der Waals surface area contributed by atoms with E-state index in [-0.39, 0.29) is 22.1 Å². The van der Waals surface area contributed by atoms with E-state index in [9.17, 15) is 4.79 Å². The van der Waals surface area contributed by atoms with E-state index in [2.05, 4.69) is 67.6 Å². The molecule has 3 rings (SSSR count). The Kier molecular flexibility index (Phi) is 6.09. The van der Waals surface area contributed by atoms with Gasteiger partial charge in [0.25, 0.3) is 0 Å². The highest BCUT2D eigenvalue weighted by atomic mass is 28.4. The van der Waals surface area contributed by atoms with E-state index in [1.807, 2.05) is 17.0 Å². The first-order valence-electron chi connectivity index (χ1n) is 11.1. The Morgan fingerprint density at radius 2 is 1.73 bits per heavy atom. The number of nitrogens with zero attached hydrogens (tertiary/aromatic N) is 1. The molecule has 0 N–H and O–H groups in total. The first-order valence-corrected chi connectivity index (χ1v) is 14.0. The van der Waals surface area contributed by atoms with Crippen LogP contribution in [0.4, 0.5) is 5.69 Å². The van der Waals surface area contributed by atoms with Gasteiger partial charge in [0.1, 0.15) is 0 Å². The van der Waals surface area contributed by atoms with E-state index < -0.39 is 15.4 Å². The quantitative estimate of drug-likeness (QED) is 0.498. The minimum atomic E-state index is -1.76. The van der Waals surface area contributed by atoms with Gasteiger partial charge in [0.15, 0.2) is 8.32 Å². The van der Waals surface area contributed by atoms with Gasteiger partial charge in [-0.15, -0.1) is 0 Å². The van der Waals surface area contributed by atoms with Crippen molar-refractivity contribution < 1.29 is 18.5 Å². The maximum Gasteiger partial charge on any atom is 0.494 e. The average molecular weight is 431 g/mol. The van der Waals surface area contributed by atoms with Crippen molar-refractivity contribution in [3.63, 3.8) is 0 Å². The summed E-state index contributed by atoms with van der Waals surface area (Å²) >= 11 is 0. The number of hydrogen-bond donors (Lipinski definition) is 0. The number of rotatable bonds is 6. The van der Waals surface area contributed by atoms with Crippen LogP contribution in [0.1, 0.15) is 60.5 Å². The van der Waals surface area contributed by atoms with Crippen LogP contribution in [0.15, 0.2) is 18.2 Å². The molecule has 0 unspecified atom stereocenters. The molecule has 0 saturated carbocycles. The predicted molar refractivity (Wildman–Crippen MR) is 126 cm³/mol. The van der Waals surface area contributed by atoms with Crippen molar-refractivity contribution >= 4 is 32.5 Å². The monoisotopic (exact) mass is 431 g/mol. The summed E-state index contributed by atoms with van der Waals surface area (Å²) < 4.78 is 18.7. The standard InChI is InChI=1S/C23H38BNO4Si/c1-21(2,3)30(8,9)27-14-10-13-25-19-16-18(12-11-17(19)15-20(25)26)24-28-22(4,5)23(6,7)29-24/h11-12,16H,10,13-15H2,1-9H3. The largest absolute Gasteiger partial charge is 0.494 e. The zero-order valence-corrected chi connectivity index (χ0v) is 21.2. The fraction of sp³-hybridized carbons (Fsp3) is 0.696. The van der Waals surface area contributed by atoms with Crippen LogP contribution < -0.4 is 10.4 Å². The van der Waals surface area contributed by atoms with Crippen LogP contribution in [0.2, 0.25) is 18.1 Å². The number of amides is 1. The molecule has 0 atom stereocenters. The second-order valence-electron chi connectivity index (χ2n) is 11.2. The Bertz CT molecular complexity index is 800. The molecule has 0 spiro atoms. The summed E-state index contributed by atoms with van der Waals surface area (Å²) in [5.41, 5.74) is 2.26. The van der Waals surface area contributed by atoms with Crippen molar-refractivity contribution in [3.05, 3.63) is 23.8 Å². The molecule has 0 aliphatic carbocycles. The van der Waals surface area contributed by atoms with Gasteiger partial charge in [-0.05, 0) is 69.3 Å². The predicted octanol–water partition coefficient (Wildman–Crippen LogP) is 4.29. The van der Waals surface area contributed by atoms with E-state index in [4.69, 9.17) is 13.7 Å². The summed E-state index contributed by atoms with van der Waals surface area (Å²) in [6, 6.07) is 6.13. The van der Waals surface area contributed by atoms with Gasteiger partial charge < -0.3 is 18.6 Å². The Morgan fingerprint density at radius 3 is 2.30 bits per heavy atom. The minimum Gasteiger partial charge on any atom is -0.417 e. The molecular formula is C23H38BNO4Si. The zero-order chi connectivity index (χ0) is 22.5. The van der Waals surface area contributed by atoms with Crippen molar-refractivity contribution in [2.24, 2.45) is 0 Å². The van der Waals surface area contributed by atoms with Gasteiger partial charge in [0.2, 0.25) is 5.91 Å². The molecule has 0 bridgehead atoms. The molecule has 166 valence electrons. The van der Waals surface area contributed by atoms with E-state index in [0.29, 0.717) is 19.6 Å². The second-order valence-corrected chi connectivity index (χ2v) is 16.0. The first-order chi connectivity index (χ1) is 13.6. The van der Waals surface area contributed by atoms with Crippen molar-refractivity contribution in [2.45, 2.75) is 90.6 Å². The van der Waals surface area contributed by atoms with Crippen molar-refractivity contribution in [1.82, 2.24) is 0 Å². The van der Waals surface area contributed by atoms with Crippen LogP contribution in [0.5, 0.6) is 0 Å². The lowest BCUT2D eigenvalue weighted by molar-refractivity contribution is -0.117. The van der Waals surface area contributed by atoms with E-state index in [1.165, 1.54) is 0 Å². The summed E-state index contributed by atoms with van der Waals surface area (Å²) in [6.07, 6.45) is 1.29. The molecule has 2 aliphatic heterocycles. The molecule has 1 aromatic carbocycles. The van der Waals surface area contributed by atoms with E-state index in [0.717, 1.165) is 23.1 Å². The van der Waals surface area contributed by atoms with Gasteiger partial charge in [-0.25, -0.2) is 0 Å². The number of hydrogen-bond acceptors (Lipinski definition) is 4. The number of carbonyl (C=O) groups is 1. The lowest BCUT2D eigenvalue weighted by Crippen LogP contribution is -2.41. The Balaban J connectivity index is 1.68. The third-order valence-electron chi connectivity index (χ3n) is 7.36. The van der Waals surface area contributed by atoms with Gasteiger partial charge in [0.05, 0.1) is 17.6 Å². The maximum atomic E-state index is 12.7. The lowest BCUT2D eigenvalue weighted by atomic mass is 9.78. The van der Waals surface area contributed by atoms with Crippen LogP contribution >= 0.6 is 0 Å². The minimum absolute atomic E-state index is 0.156. The summed E-state index contributed by atoms with van der Waals surface area (Å²) in [5, 5.41) is 0.195. The highest BCUT2D eigenvalue weighted by molar-refractivity contribution is 6.74. The Morgan fingerprint density at radius 1 is 1.13 bits per heavy atom. The normalized spacial score (nSPS) is 20.8. The third-order valence-corrected chi connectivity index (χ3v) is 11.9. The Labute approximate surface area is 183 Å². The lowest BCUT2D eigenvalue weighted by Gasteiger charge is -2.36. The Hall–Kier alpha value is -1.15. The SMILES string of the molecule is CC1(C)OB(c2ccc3c(c2)N(CCCO[Si](C)(C)C(C)(C)C)C(=O)C3)OC1(C)C. The molecular weight excluding hydrogens is 393 g/mol. The highest BCUT2D eigenvalue weighted by Crippen LogP contribution is 2.38. The van der Waals surface area contributed by atoms with Crippen LogP contribution in [-0.2, 0) is 25.0 Å². The van der Waals surface area contributed by atoms with Gasteiger partial charge >= 0.3 is 7.12 Å².